The van der Waals surface area contributed by atoms with Crippen molar-refractivity contribution in [2.45, 2.75) is 31.8 Å². The summed E-state index contributed by atoms with van der Waals surface area (Å²) in [5.41, 5.74) is 0.430. The second kappa shape index (κ2) is 6.52. The summed E-state index contributed by atoms with van der Waals surface area (Å²) in [7, 11) is 1.53. The molecule has 1 N–H and O–H groups in total. The quantitative estimate of drug-likeness (QED) is 0.862. The molecule has 1 aromatic rings. The third-order valence-electron chi connectivity index (χ3n) is 3.09. The molecule has 104 valence electrons. The topological polar surface area (TPSA) is 47.6 Å². The van der Waals surface area contributed by atoms with Crippen LogP contribution in [0, 0.1) is 5.82 Å². The lowest BCUT2D eigenvalue weighted by Gasteiger charge is -2.26. The summed E-state index contributed by atoms with van der Waals surface area (Å²) in [4.78, 5) is 11.5. The van der Waals surface area contributed by atoms with E-state index in [1.54, 1.807) is 12.1 Å². The summed E-state index contributed by atoms with van der Waals surface area (Å²) >= 11 is 0. The SMILES string of the molecule is COCCC(=O)Nc1ccc(OC2CCC2)c(F)c1. The first-order valence-corrected chi connectivity index (χ1v) is 6.44. The van der Waals surface area contributed by atoms with Gasteiger partial charge in [-0.25, -0.2) is 4.39 Å². The van der Waals surface area contributed by atoms with Gasteiger partial charge in [-0.15, -0.1) is 0 Å². The Hall–Kier alpha value is -1.62. The van der Waals surface area contributed by atoms with E-state index in [1.807, 2.05) is 0 Å². The van der Waals surface area contributed by atoms with Gasteiger partial charge in [-0.3, -0.25) is 4.79 Å². The molecule has 2 rings (SSSR count). The molecule has 1 saturated carbocycles. The van der Waals surface area contributed by atoms with Crippen molar-refractivity contribution < 1.29 is 18.7 Å². The first kappa shape index (κ1) is 13.8. The zero-order valence-electron chi connectivity index (χ0n) is 10.9. The Bertz CT molecular complexity index is 446. The molecule has 5 heteroatoms. The monoisotopic (exact) mass is 267 g/mol. The number of ether oxygens (including phenoxy) is 2. The highest BCUT2D eigenvalue weighted by molar-refractivity contribution is 5.90. The molecule has 0 heterocycles. The van der Waals surface area contributed by atoms with Gasteiger partial charge in [0, 0.05) is 18.9 Å². The minimum absolute atomic E-state index is 0.136. The van der Waals surface area contributed by atoms with Crippen LogP contribution < -0.4 is 10.1 Å². The first-order valence-electron chi connectivity index (χ1n) is 6.44. The van der Waals surface area contributed by atoms with E-state index in [2.05, 4.69) is 5.32 Å². The number of rotatable bonds is 6. The molecule has 0 radical (unpaired) electrons. The van der Waals surface area contributed by atoms with E-state index in [4.69, 9.17) is 9.47 Å². The van der Waals surface area contributed by atoms with Crippen LogP contribution in [0.1, 0.15) is 25.7 Å². The average molecular weight is 267 g/mol. The maximum Gasteiger partial charge on any atom is 0.226 e. The zero-order chi connectivity index (χ0) is 13.7. The van der Waals surface area contributed by atoms with Crippen molar-refractivity contribution in [3.63, 3.8) is 0 Å². The van der Waals surface area contributed by atoms with Crippen molar-refractivity contribution in [2.75, 3.05) is 19.0 Å². The smallest absolute Gasteiger partial charge is 0.226 e. The van der Waals surface area contributed by atoms with E-state index in [9.17, 15) is 9.18 Å². The number of benzene rings is 1. The summed E-state index contributed by atoms with van der Waals surface area (Å²) in [6, 6.07) is 4.47. The Morgan fingerprint density at radius 1 is 1.47 bits per heavy atom. The second-order valence-corrected chi connectivity index (χ2v) is 4.61. The molecule has 1 fully saturated rings. The van der Waals surface area contributed by atoms with Crippen LogP contribution in [0.3, 0.4) is 0 Å². The summed E-state index contributed by atoms with van der Waals surface area (Å²) in [5.74, 6) is -0.398. The van der Waals surface area contributed by atoms with Gasteiger partial charge in [-0.1, -0.05) is 0 Å². The van der Waals surface area contributed by atoms with E-state index in [0.717, 1.165) is 19.3 Å². The summed E-state index contributed by atoms with van der Waals surface area (Å²) < 4.78 is 24.1. The van der Waals surface area contributed by atoms with Crippen molar-refractivity contribution in [3.05, 3.63) is 24.0 Å². The number of hydrogen-bond donors (Lipinski definition) is 1. The highest BCUT2D eigenvalue weighted by Crippen LogP contribution is 2.28. The summed E-state index contributed by atoms with van der Waals surface area (Å²) in [6.45, 7) is 0.344. The van der Waals surface area contributed by atoms with Crippen LogP contribution in [0.25, 0.3) is 0 Å². The molecule has 0 atom stereocenters. The maximum atomic E-state index is 13.8. The lowest BCUT2D eigenvalue weighted by atomic mass is 9.96. The Labute approximate surface area is 111 Å². The van der Waals surface area contributed by atoms with Gasteiger partial charge < -0.3 is 14.8 Å². The van der Waals surface area contributed by atoms with Crippen molar-refractivity contribution in [1.82, 2.24) is 0 Å². The predicted molar refractivity (Wildman–Crippen MR) is 69.8 cm³/mol. The lowest BCUT2D eigenvalue weighted by molar-refractivity contribution is -0.117. The summed E-state index contributed by atoms with van der Waals surface area (Å²) in [6.07, 6.45) is 3.49. The standard InChI is InChI=1S/C14H18FNO3/c1-18-8-7-14(17)16-10-5-6-13(12(15)9-10)19-11-3-2-4-11/h5-6,9,11H,2-4,7-8H2,1H3,(H,16,17). The Morgan fingerprint density at radius 3 is 2.84 bits per heavy atom. The Balaban J connectivity index is 1.91. The average Bonchev–Trinajstić information content (AvgIpc) is 2.33. The fourth-order valence-electron chi connectivity index (χ4n) is 1.76. The van der Waals surface area contributed by atoms with Crippen LogP contribution in [0.2, 0.25) is 0 Å². The zero-order valence-corrected chi connectivity index (χ0v) is 10.9. The highest BCUT2D eigenvalue weighted by Gasteiger charge is 2.20. The number of halogens is 1. The normalized spacial score (nSPS) is 14.8. The number of carbonyl (C=O) groups is 1. The van der Waals surface area contributed by atoms with Gasteiger partial charge >= 0.3 is 0 Å². The third-order valence-corrected chi connectivity index (χ3v) is 3.09. The van der Waals surface area contributed by atoms with E-state index in [-0.39, 0.29) is 24.2 Å². The van der Waals surface area contributed by atoms with Crippen molar-refractivity contribution in [2.24, 2.45) is 0 Å². The van der Waals surface area contributed by atoms with Crippen LogP contribution in [0.4, 0.5) is 10.1 Å². The molecule has 0 bridgehead atoms. The number of hydrogen-bond acceptors (Lipinski definition) is 3. The van der Waals surface area contributed by atoms with E-state index < -0.39 is 5.82 Å². The minimum Gasteiger partial charge on any atom is -0.487 e. The largest absolute Gasteiger partial charge is 0.487 e. The number of nitrogens with one attached hydrogen (secondary N) is 1. The highest BCUT2D eigenvalue weighted by atomic mass is 19.1. The molecule has 1 aliphatic carbocycles. The van der Waals surface area contributed by atoms with Crippen LogP contribution in [-0.4, -0.2) is 25.7 Å². The lowest BCUT2D eigenvalue weighted by Crippen LogP contribution is -2.25. The molecular formula is C14H18FNO3. The van der Waals surface area contributed by atoms with Crippen molar-refractivity contribution in [3.8, 4) is 5.75 Å². The predicted octanol–water partition coefficient (Wildman–Crippen LogP) is 2.73. The molecular weight excluding hydrogens is 249 g/mol. The molecule has 0 spiro atoms. The molecule has 0 aromatic heterocycles. The second-order valence-electron chi connectivity index (χ2n) is 4.61. The molecule has 4 nitrogen and oxygen atoms in total. The van der Waals surface area contributed by atoms with E-state index in [0.29, 0.717) is 12.3 Å². The van der Waals surface area contributed by atoms with Crippen LogP contribution >= 0.6 is 0 Å². The molecule has 0 aliphatic heterocycles. The van der Waals surface area contributed by atoms with Gasteiger partial charge in [0.1, 0.15) is 0 Å². The molecule has 0 unspecified atom stereocenters. The Morgan fingerprint density at radius 2 is 2.26 bits per heavy atom. The molecule has 1 aliphatic rings. The van der Waals surface area contributed by atoms with E-state index in [1.165, 1.54) is 13.2 Å². The molecule has 1 aromatic carbocycles. The van der Waals surface area contributed by atoms with Crippen molar-refractivity contribution in [1.29, 1.82) is 0 Å². The van der Waals surface area contributed by atoms with Gasteiger partial charge in [-0.05, 0) is 31.4 Å². The minimum atomic E-state index is -0.448. The number of amides is 1. The van der Waals surface area contributed by atoms with E-state index >= 15 is 0 Å². The number of carbonyl (C=O) groups excluding carboxylic acids is 1. The summed E-state index contributed by atoms with van der Waals surface area (Å²) in [5, 5.41) is 2.61. The van der Waals surface area contributed by atoms with Crippen LogP contribution in [0.15, 0.2) is 18.2 Å². The first-order chi connectivity index (χ1) is 9.19. The van der Waals surface area contributed by atoms with Gasteiger partial charge in [0.25, 0.3) is 0 Å². The van der Waals surface area contributed by atoms with Crippen LogP contribution in [0.5, 0.6) is 5.75 Å². The number of anilines is 1. The van der Waals surface area contributed by atoms with Gasteiger partial charge in [-0.2, -0.15) is 0 Å². The maximum absolute atomic E-state index is 13.8. The molecule has 1 amide bonds. The van der Waals surface area contributed by atoms with Gasteiger partial charge in [0.05, 0.1) is 19.1 Å². The Kier molecular flexibility index (Phi) is 4.74. The number of methoxy groups -OCH3 is 1. The molecule has 0 saturated heterocycles. The van der Waals surface area contributed by atoms with Crippen LogP contribution in [-0.2, 0) is 9.53 Å². The fourth-order valence-corrected chi connectivity index (χ4v) is 1.76. The van der Waals surface area contributed by atoms with Gasteiger partial charge in [0.15, 0.2) is 11.6 Å². The fraction of sp³-hybridized carbons (Fsp3) is 0.500. The molecule has 19 heavy (non-hydrogen) atoms. The third kappa shape index (κ3) is 3.92. The van der Waals surface area contributed by atoms with Crippen molar-refractivity contribution >= 4 is 11.6 Å². The van der Waals surface area contributed by atoms with Gasteiger partial charge in [0.2, 0.25) is 5.91 Å².